The number of aromatic amines is 1. The third kappa shape index (κ3) is 8.96. The maximum Gasteiger partial charge on any atom is 0.353 e. The number of carbonyl (C=O) groups is 2. The number of H-pyrrole nitrogens is 1. The Bertz CT molecular complexity index is 502. The number of imidazole rings is 1. The zero-order chi connectivity index (χ0) is 16.3. The van der Waals surface area contributed by atoms with Crippen LogP contribution in [0.1, 0.15) is 24.3 Å². The van der Waals surface area contributed by atoms with E-state index < -0.39 is 11.9 Å². The zero-order valence-corrected chi connectivity index (χ0v) is 11.8. The first kappa shape index (κ1) is 18.3. The molecule has 8 heteroatoms. The molecule has 0 aliphatic heterocycles. The number of carboxylic acids is 1. The molecule has 2 N–H and O–H groups in total. The Labute approximate surface area is 122 Å². The Hall–Kier alpha value is -2.66. The van der Waals surface area contributed by atoms with Crippen molar-refractivity contribution < 1.29 is 24.2 Å². The van der Waals surface area contributed by atoms with Gasteiger partial charge in [-0.2, -0.15) is 5.26 Å². The van der Waals surface area contributed by atoms with E-state index in [1.54, 1.807) is 6.07 Å². The van der Waals surface area contributed by atoms with Crippen LogP contribution in [-0.2, 0) is 14.3 Å². The van der Waals surface area contributed by atoms with Crippen LogP contribution in [0, 0.1) is 11.3 Å². The van der Waals surface area contributed by atoms with E-state index in [1.165, 1.54) is 12.5 Å². The number of carboxylic acid groups (broad SMARTS) is 1. The van der Waals surface area contributed by atoms with Crippen molar-refractivity contribution in [2.45, 2.75) is 20.0 Å². The number of esters is 1. The Kier molecular flexibility index (Phi) is 8.88. The van der Waals surface area contributed by atoms with Gasteiger partial charge in [0.25, 0.3) is 0 Å². The molecule has 114 valence electrons. The number of nitriles is 1. The fourth-order valence-electron chi connectivity index (χ4n) is 0.924. The highest BCUT2D eigenvalue weighted by Gasteiger charge is 2.06. The molecular formula is C13H17N3O5. The van der Waals surface area contributed by atoms with Crippen molar-refractivity contribution in [3.63, 3.8) is 0 Å². The van der Waals surface area contributed by atoms with Crippen LogP contribution in [0.5, 0.6) is 0 Å². The van der Waals surface area contributed by atoms with Crippen molar-refractivity contribution in [1.82, 2.24) is 9.97 Å². The summed E-state index contributed by atoms with van der Waals surface area (Å²) in [5.41, 5.74) is -0.0745. The molecule has 0 aliphatic carbocycles. The highest BCUT2D eigenvalue weighted by Crippen LogP contribution is 1.93. The van der Waals surface area contributed by atoms with Gasteiger partial charge in [-0.1, -0.05) is 6.58 Å². The largest absolute Gasteiger partial charge is 0.477 e. The average molecular weight is 295 g/mol. The van der Waals surface area contributed by atoms with Crippen LogP contribution < -0.4 is 0 Å². The number of aromatic carboxylic acids is 1. The van der Waals surface area contributed by atoms with E-state index in [-0.39, 0.29) is 24.0 Å². The summed E-state index contributed by atoms with van der Waals surface area (Å²) in [5.74, 6) is -1.67. The van der Waals surface area contributed by atoms with E-state index in [9.17, 15) is 9.59 Å². The number of nitrogens with zero attached hydrogens (tertiary/aromatic N) is 2. The van der Waals surface area contributed by atoms with Crippen LogP contribution in [0.25, 0.3) is 0 Å². The summed E-state index contributed by atoms with van der Waals surface area (Å²) in [7, 11) is 0. The van der Waals surface area contributed by atoms with E-state index in [4.69, 9.17) is 15.1 Å². The van der Waals surface area contributed by atoms with E-state index in [0.29, 0.717) is 6.61 Å². The van der Waals surface area contributed by atoms with Gasteiger partial charge < -0.3 is 19.6 Å². The lowest BCUT2D eigenvalue weighted by Gasteiger charge is -2.07. The fourth-order valence-corrected chi connectivity index (χ4v) is 0.924. The molecule has 0 amide bonds. The molecule has 1 aromatic heterocycles. The van der Waals surface area contributed by atoms with Crippen molar-refractivity contribution >= 4 is 11.9 Å². The maximum absolute atomic E-state index is 10.8. The minimum atomic E-state index is -0.984. The van der Waals surface area contributed by atoms with Crippen LogP contribution in [0.15, 0.2) is 24.7 Å². The van der Waals surface area contributed by atoms with Crippen LogP contribution in [-0.4, -0.2) is 46.3 Å². The molecule has 0 spiro atoms. The Balaban J connectivity index is 0.000000423. The topological polar surface area (TPSA) is 125 Å². The molecule has 0 aromatic carbocycles. The minimum absolute atomic E-state index is 0.109. The monoisotopic (exact) mass is 295 g/mol. The lowest BCUT2D eigenvalue weighted by Crippen LogP contribution is -2.13. The summed E-state index contributed by atoms with van der Waals surface area (Å²) >= 11 is 0. The van der Waals surface area contributed by atoms with Gasteiger partial charge in [0.2, 0.25) is 0 Å². The molecule has 0 atom stereocenters. The second-order valence-electron chi connectivity index (χ2n) is 3.92. The second kappa shape index (κ2) is 10.2. The molecule has 1 aromatic rings. The molecule has 0 fully saturated rings. The molecule has 0 radical (unpaired) electrons. The van der Waals surface area contributed by atoms with Crippen molar-refractivity contribution in [1.29, 1.82) is 5.26 Å². The molecule has 1 rings (SSSR count). The van der Waals surface area contributed by atoms with E-state index >= 15 is 0 Å². The Morgan fingerprint density at radius 3 is 2.57 bits per heavy atom. The molecule has 21 heavy (non-hydrogen) atoms. The number of hydrogen-bond donors (Lipinski definition) is 2. The number of ether oxygens (including phenoxy) is 2. The van der Waals surface area contributed by atoms with Gasteiger partial charge in [-0.15, -0.1) is 0 Å². The van der Waals surface area contributed by atoms with E-state index in [0.717, 1.165) is 0 Å². The normalized spacial score (nSPS) is 9.24. The molecule has 0 saturated carbocycles. The second-order valence-corrected chi connectivity index (χ2v) is 3.92. The van der Waals surface area contributed by atoms with Crippen molar-refractivity contribution in [2.75, 3.05) is 13.2 Å². The first-order valence-corrected chi connectivity index (χ1v) is 5.97. The van der Waals surface area contributed by atoms with Crippen molar-refractivity contribution in [3.05, 3.63) is 30.4 Å². The van der Waals surface area contributed by atoms with Gasteiger partial charge >= 0.3 is 11.9 Å². The Morgan fingerprint density at radius 1 is 1.52 bits per heavy atom. The van der Waals surface area contributed by atoms with Gasteiger partial charge in [0.1, 0.15) is 23.9 Å². The SMILES string of the molecule is C=C(C#N)C(=O)OCCOC(C)C.O=C(O)c1cnc[nH]1. The molecule has 0 bridgehead atoms. The van der Waals surface area contributed by atoms with Gasteiger partial charge in [-0.3, -0.25) is 0 Å². The average Bonchev–Trinajstić information content (AvgIpc) is 2.97. The van der Waals surface area contributed by atoms with Gasteiger partial charge in [0, 0.05) is 0 Å². The first-order chi connectivity index (χ1) is 9.88. The summed E-state index contributed by atoms with van der Waals surface area (Å²) in [6.45, 7) is 7.47. The van der Waals surface area contributed by atoms with Gasteiger partial charge in [-0.25, -0.2) is 14.6 Å². The summed E-state index contributed by atoms with van der Waals surface area (Å²) < 4.78 is 9.77. The highest BCUT2D eigenvalue weighted by molar-refractivity contribution is 5.91. The standard InChI is InChI=1S/C9H13NO3.C4H4N2O2/c1-7(2)12-4-5-13-9(11)8(3)6-10;7-4(8)3-1-5-2-6-3/h7H,3-5H2,1-2H3;1-2H,(H,5,6)(H,7,8). The first-order valence-electron chi connectivity index (χ1n) is 5.97. The van der Waals surface area contributed by atoms with Crippen LogP contribution >= 0.6 is 0 Å². The van der Waals surface area contributed by atoms with Crippen molar-refractivity contribution in [2.24, 2.45) is 0 Å². The van der Waals surface area contributed by atoms with Gasteiger partial charge in [-0.05, 0) is 13.8 Å². The molecule has 0 unspecified atom stereocenters. The number of hydrogen-bond acceptors (Lipinski definition) is 6. The third-order valence-electron chi connectivity index (χ3n) is 1.88. The lowest BCUT2D eigenvalue weighted by atomic mass is 10.3. The maximum atomic E-state index is 10.8. The third-order valence-corrected chi connectivity index (χ3v) is 1.88. The highest BCUT2D eigenvalue weighted by atomic mass is 16.6. The van der Waals surface area contributed by atoms with E-state index in [2.05, 4.69) is 21.3 Å². The number of aromatic nitrogens is 2. The summed E-state index contributed by atoms with van der Waals surface area (Å²) in [4.78, 5) is 26.7. The predicted octanol–water partition coefficient (Wildman–Crippen LogP) is 1.14. The number of rotatable bonds is 6. The van der Waals surface area contributed by atoms with Crippen LogP contribution in [0.3, 0.4) is 0 Å². The molecular weight excluding hydrogens is 278 g/mol. The minimum Gasteiger partial charge on any atom is -0.477 e. The smallest absolute Gasteiger partial charge is 0.353 e. The summed E-state index contributed by atoms with van der Waals surface area (Å²) in [6.07, 6.45) is 2.68. The molecule has 8 nitrogen and oxygen atoms in total. The Morgan fingerprint density at radius 2 is 2.19 bits per heavy atom. The van der Waals surface area contributed by atoms with Gasteiger partial charge in [0.05, 0.1) is 25.2 Å². The van der Waals surface area contributed by atoms with Crippen molar-refractivity contribution in [3.8, 4) is 6.07 Å². The van der Waals surface area contributed by atoms with Crippen LogP contribution in [0.4, 0.5) is 0 Å². The van der Waals surface area contributed by atoms with Gasteiger partial charge in [0.15, 0.2) is 0 Å². The lowest BCUT2D eigenvalue weighted by molar-refractivity contribution is -0.140. The zero-order valence-electron chi connectivity index (χ0n) is 11.8. The van der Waals surface area contributed by atoms with Crippen LogP contribution in [0.2, 0.25) is 0 Å². The molecule has 1 heterocycles. The van der Waals surface area contributed by atoms with E-state index in [1.807, 2.05) is 13.8 Å². The molecule has 0 saturated heterocycles. The predicted molar refractivity (Wildman–Crippen MR) is 72.3 cm³/mol. The summed E-state index contributed by atoms with van der Waals surface area (Å²) in [6, 6.07) is 1.60. The quantitative estimate of drug-likeness (QED) is 0.349. The number of nitrogens with one attached hydrogen (secondary N) is 1. The molecule has 0 aliphatic rings. The fraction of sp³-hybridized carbons (Fsp3) is 0.385. The summed E-state index contributed by atoms with van der Waals surface area (Å²) in [5, 5.41) is 16.5. The number of carbonyl (C=O) groups excluding carboxylic acids is 1.